The standard InChI is InChI=1S/C12H15N3O5S/c13-11-4-3-10(5-12(11)15(16)17)21(18,19)14-6-8-1-2-9(7-14)20-8/h3-5,8-9H,1-2,6-7,13H2. The molecule has 2 atom stereocenters. The molecule has 1 aromatic carbocycles. The minimum absolute atomic E-state index is 0.0546. The van der Waals surface area contributed by atoms with Gasteiger partial charge in [0.1, 0.15) is 5.69 Å². The van der Waals surface area contributed by atoms with Crippen molar-refractivity contribution in [3.05, 3.63) is 28.3 Å². The molecule has 21 heavy (non-hydrogen) atoms. The quantitative estimate of drug-likeness (QED) is 0.499. The fourth-order valence-corrected chi connectivity index (χ4v) is 4.29. The molecule has 0 aliphatic carbocycles. The average molecular weight is 313 g/mol. The fourth-order valence-electron chi connectivity index (χ4n) is 2.76. The van der Waals surface area contributed by atoms with Crippen LogP contribution in [0.5, 0.6) is 0 Å². The van der Waals surface area contributed by atoms with E-state index in [1.807, 2.05) is 0 Å². The molecule has 0 aromatic heterocycles. The van der Waals surface area contributed by atoms with E-state index >= 15 is 0 Å². The van der Waals surface area contributed by atoms with Gasteiger partial charge in [0, 0.05) is 19.2 Å². The number of ether oxygens (including phenoxy) is 1. The molecule has 2 unspecified atom stereocenters. The van der Waals surface area contributed by atoms with E-state index in [9.17, 15) is 18.5 Å². The maximum atomic E-state index is 12.6. The summed E-state index contributed by atoms with van der Waals surface area (Å²) in [5.41, 5.74) is 5.05. The first-order valence-corrected chi connectivity index (χ1v) is 8.01. The Balaban J connectivity index is 1.95. The van der Waals surface area contributed by atoms with E-state index in [-0.39, 0.29) is 35.9 Å². The number of nitrogens with two attached hydrogens (primary N) is 1. The summed E-state index contributed by atoms with van der Waals surface area (Å²) in [6.07, 6.45) is 1.53. The lowest BCUT2D eigenvalue weighted by atomic mass is 10.2. The lowest BCUT2D eigenvalue weighted by Gasteiger charge is -2.31. The van der Waals surface area contributed by atoms with E-state index in [1.54, 1.807) is 0 Å². The van der Waals surface area contributed by atoms with Gasteiger partial charge in [-0.1, -0.05) is 0 Å². The van der Waals surface area contributed by atoms with Crippen molar-refractivity contribution in [1.29, 1.82) is 0 Å². The van der Waals surface area contributed by atoms with Gasteiger partial charge in [0.2, 0.25) is 10.0 Å². The molecule has 2 fully saturated rings. The van der Waals surface area contributed by atoms with Gasteiger partial charge in [-0.2, -0.15) is 4.31 Å². The number of rotatable bonds is 3. The topological polar surface area (TPSA) is 116 Å². The number of morpholine rings is 1. The van der Waals surface area contributed by atoms with Crippen molar-refractivity contribution in [1.82, 2.24) is 4.31 Å². The van der Waals surface area contributed by atoms with Gasteiger partial charge in [0.25, 0.3) is 5.69 Å². The highest BCUT2D eigenvalue weighted by atomic mass is 32.2. The summed E-state index contributed by atoms with van der Waals surface area (Å²) in [6, 6.07) is 3.57. The van der Waals surface area contributed by atoms with Crippen LogP contribution in [0.1, 0.15) is 12.8 Å². The lowest BCUT2D eigenvalue weighted by molar-refractivity contribution is -0.384. The first-order valence-electron chi connectivity index (χ1n) is 6.57. The smallest absolute Gasteiger partial charge is 0.293 e. The fraction of sp³-hybridized carbons (Fsp3) is 0.500. The second kappa shape index (κ2) is 4.93. The monoisotopic (exact) mass is 313 g/mol. The van der Waals surface area contributed by atoms with Crippen LogP contribution in [0.3, 0.4) is 0 Å². The van der Waals surface area contributed by atoms with Crippen molar-refractivity contribution in [2.45, 2.75) is 29.9 Å². The SMILES string of the molecule is Nc1ccc(S(=O)(=O)N2CC3CCC(C2)O3)cc1[N+](=O)[O-]. The molecule has 114 valence electrons. The number of benzene rings is 1. The van der Waals surface area contributed by atoms with E-state index in [2.05, 4.69) is 0 Å². The van der Waals surface area contributed by atoms with Gasteiger partial charge in [0.15, 0.2) is 0 Å². The van der Waals surface area contributed by atoms with Gasteiger partial charge >= 0.3 is 0 Å². The Morgan fingerprint density at radius 1 is 1.29 bits per heavy atom. The van der Waals surface area contributed by atoms with Crippen LogP contribution in [-0.4, -0.2) is 42.9 Å². The summed E-state index contributed by atoms with van der Waals surface area (Å²) in [7, 11) is -3.77. The summed E-state index contributed by atoms with van der Waals surface area (Å²) in [5, 5.41) is 10.9. The van der Waals surface area contributed by atoms with Crippen molar-refractivity contribution >= 4 is 21.4 Å². The highest BCUT2D eigenvalue weighted by molar-refractivity contribution is 7.89. The highest BCUT2D eigenvalue weighted by Crippen LogP contribution is 2.32. The summed E-state index contributed by atoms with van der Waals surface area (Å²) < 4.78 is 32.1. The molecule has 0 amide bonds. The predicted molar refractivity (Wildman–Crippen MR) is 74.2 cm³/mol. The van der Waals surface area contributed by atoms with Crippen LogP contribution >= 0.6 is 0 Å². The summed E-state index contributed by atoms with van der Waals surface area (Å²) in [4.78, 5) is 10.1. The number of nitrogens with zero attached hydrogens (tertiary/aromatic N) is 2. The molecule has 3 rings (SSSR count). The number of fused-ring (bicyclic) bond motifs is 2. The maximum Gasteiger partial charge on any atom is 0.293 e. The third kappa shape index (κ3) is 2.47. The largest absolute Gasteiger partial charge is 0.393 e. The van der Waals surface area contributed by atoms with Crippen LogP contribution in [0, 0.1) is 10.1 Å². The van der Waals surface area contributed by atoms with E-state index in [1.165, 1.54) is 16.4 Å². The number of nitro benzene ring substituents is 1. The Hall–Kier alpha value is -1.71. The molecular formula is C12H15N3O5S. The first-order chi connectivity index (χ1) is 9.88. The normalized spacial score (nSPS) is 25.9. The second-order valence-corrected chi connectivity index (χ2v) is 7.20. The van der Waals surface area contributed by atoms with Crippen LogP contribution in [0.2, 0.25) is 0 Å². The van der Waals surface area contributed by atoms with E-state index in [0.717, 1.165) is 18.9 Å². The number of anilines is 1. The van der Waals surface area contributed by atoms with Crippen LogP contribution in [-0.2, 0) is 14.8 Å². The Kier molecular flexibility index (Phi) is 3.34. The van der Waals surface area contributed by atoms with Crippen LogP contribution in [0.4, 0.5) is 11.4 Å². The number of hydrogen-bond donors (Lipinski definition) is 1. The lowest BCUT2D eigenvalue weighted by Crippen LogP contribution is -2.45. The van der Waals surface area contributed by atoms with Crippen LogP contribution in [0.25, 0.3) is 0 Å². The molecule has 2 bridgehead atoms. The van der Waals surface area contributed by atoms with E-state index in [4.69, 9.17) is 10.5 Å². The molecule has 0 spiro atoms. The van der Waals surface area contributed by atoms with Crippen molar-refractivity contribution < 1.29 is 18.1 Å². The summed E-state index contributed by atoms with van der Waals surface area (Å²) in [6.45, 7) is 0.577. The van der Waals surface area contributed by atoms with Gasteiger partial charge in [0.05, 0.1) is 22.0 Å². The van der Waals surface area contributed by atoms with Crippen LogP contribution in [0.15, 0.2) is 23.1 Å². The zero-order valence-corrected chi connectivity index (χ0v) is 12.0. The Labute approximate surface area is 121 Å². The summed E-state index contributed by atoms with van der Waals surface area (Å²) in [5.74, 6) is 0. The summed E-state index contributed by atoms with van der Waals surface area (Å²) >= 11 is 0. The van der Waals surface area contributed by atoms with Crippen molar-refractivity contribution in [2.75, 3.05) is 18.8 Å². The van der Waals surface area contributed by atoms with Gasteiger partial charge in [-0.25, -0.2) is 8.42 Å². The molecule has 2 saturated heterocycles. The van der Waals surface area contributed by atoms with E-state index < -0.39 is 20.6 Å². The number of sulfonamides is 1. The average Bonchev–Trinajstić information content (AvgIpc) is 2.77. The van der Waals surface area contributed by atoms with E-state index in [0.29, 0.717) is 0 Å². The van der Waals surface area contributed by atoms with Crippen LogP contribution < -0.4 is 5.73 Å². The van der Waals surface area contributed by atoms with Crippen molar-refractivity contribution in [3.63, 3.8) is 0 Å². The Morgan fingerprint density at radius 2 is 1.90 bits per heavy atom. The molecule has 2 heterocycles. The molecule has 2 aliphatic rings. The molecule has 0 radical (unpaired) electrons. The molecule has 2 N–H and O–H groups in total. The minimum atomic E-state index is -3.77. The molecular weight excluding hydrogens is 298 g/mol. The zero-order valence-electron chi connectivity index (χ0n) is 11.1. The molecule has 1 aromatic rings. The van der Waals surface area contributed by atoms with Gasteiger partial charge in [-0.3, -0.25) is 10.1 Å². The molecule has 9 heteroatoms. The predicted octanol–water partition coefficient (Wildman–Crippen LogP) is 0.729. The Bertz CT molecular complexity index is 678. The third-order valence-electron chi connectivity index (χ3n) is 3.85. The molecule has 8 nitrogen and oxygen atoms in total. The first kappa shape index (κ1) is 14.2. The zero-order chi connectivity index (χ0) is 15.2. The Morgan fingerprint density at radius 3 is 2.48 bits per heavy atom. The van der Waals surface area contributed by atoms with Gasteiger partial charge in [-0.05, 0) is 25.0 Å². The van der Waals surface area contributed by atoms with Gasteiger partial charge in [-0.15, -0.1) is 0 Å². The number of nitrogen functional groups attached to an aromatic ring is 1. The second-order valence-electron chi connectivity index (χ2n) is 5.26. The van der Waals surface area contributed by atoms with Crippen molar-refractivity contribution in [2.24, 2.45) is 0 Å². The minimum Gasteiger partial charge on any atom is -0.393 e. The number of nitro groups is 1. The number of hydrogen-bond acceptors (Lipinski definition) is 6. The van der Waals surface area contributed by atoms with Gasteiger partial charge < -0.3 is 10.5 Å². The maximum absolute atomic E-state index is 12.6. The highest BCUT2D eigenvalue weighted by Gasteiger charge is 2.39. The third-order valence-corrected chi connectivity index (χ3v) is 5.67. The molecule has 0 saturated carbocycles. The van der Waals surface area contributed by atoms with Crippen molar-refractivity contribution in [3.8, 4) is 0 Å². The molecule has 2 aliphatic heterocycles.